The van der Waals surface area contributed by atoms with Crippen molar-refractivity contribution in [3.8, 4) is 0 Å². The Labute approximate surface area is 188 Å². The number of piperidine rings is 2. The standard InChI is InChI=1S/C22H29N7O2S/c1-3-32(30,31)29-16-6-4-7-17(29)12-15(11-16)24-22-18-8-5-9-23-19(18)13-20(26-22)25-21-10-14(2)27-28-21/h5,8-10,13,15-17H,3-4,6-7,11-12H2,1-2H3,(H3,24,25,26,27,28)/t15-,16-,17+. The lowest BCUT2D eigenvalue weighted by atomic mass is 9.84. The quantitative estimate of drug-likeness (QED) is 0.520. The van der Waals surface area contributed by atoms with Gasteiger partial charge in [-0.1, -0.05) is 6.42 Å². The topological polar surface area (TPSA) is 116 Å². The maximum atomic E-state index is 12.7. The van der Waals surface area contributed by atoms with Crippen LogP contribution >= 0.6 is 0 Å². The number of H-pyrrole nitrogens is 1. The minimum Gasteiger partial charge on any atom is -0.367 e. The molecule has 3 atom stereocenters. The molecule has 5 heterocycles. The normalized spacial score (nSPS) is 23.9. The van der Waals surface area contributed by atoms with Gasteiger partial charge in [-0.05, 0) is 51.7 Å². The fraction of sp³-hybridized carbons (Fsp3) is 0.500. The van der Waals surface area contributed by atoms with Crippen molar-refractivity contribution in [1.82, 2.24) is 24.5 Å². The van der Waals surface area contributed by atoms with Gasteiger partial charge in [0.2, 0.25) is 10.0 Å². The molecule has 3 aromatic rings. The lowest BCUT2D eigenvalue weighted by Gasteiger charge is -2.47. The first-order valence-electron chi connectivity index (χ1n) is 11.3. The zero-order valence-electron chi connectivity index (χ0n) is 18.4. The van der Waals surface area contributed by atoms with Crippen LogP contribution in [0.3, 0.4) is 0 Å². The molecule has 0 aliphatic carbocycles. The van der Waals surface area contributed by atoms with Crippen LogP contribution in [0.5, 0.6) is 0 Å². The van der Waals surface area contributed by atoms with Crippen molar-refractivity contribution in [3.63, 3.8) is 0 Å². The van der Waals surface area contributed by atoms with Crippen LogP contribution in [0.25, 0.3) is 10.9 Å². The van der Waals surface area contributed by atoms with Gasteiger partial charge in [-0.2, -0.15) is 9.40 Å². The molecule has 5 rings (SSSR count). The van der Waals surface area contributed by atoms with Gasteiger partial charge in [0.05, 0.1) is 11.3 Å². The summed E-state index contributed by atoms with van der Waals surface area (Å²) < 4.78 is 27.2. The highest BCUT2D eigenvalue weighted by Crippen LogP contribution is 2.38. The zero-order chi connectivity index (χ0) is 22.3. The average molecular weight is 456 g/mol. The number of aromatic nitrogens is 4. The summed E-state index contributed by atoms with van der Waals surface area (Å²) in [4.78, 5) is 9.35. The molecule has 0 radical (unpaired) electrons. The van der Waals surface area contributed by atoms with E-state index in [0.29, 0.717) is 11.6 Å². The van der Waals surface area contributed by atoms with Gasteiger partial charge in [0.1, 0.15) is 11.6 Å². The van der Waals surface area contributed by atoms with Crippen LogP contribution in [0.2, 0.25) is 0 Å². The number of anilines is 3. The number of hydrogen-bond acceptors (Lipinski definition) is 7. The highest BCUT2D eigenvalue weighted by molar-refractivity contribution is 7.89. The van der Waals surface area contributed by atoms with Crippen molar-refractivity contribution < 1.29 is 8.42 Å². The molecule has 10 heteroatoms. The van der Waals surface area contributed by atoms with Crippen molar-refractivity contribution in [2.75, 3.05) is 16.4 Å². The molecule has 2 bridgehead atoms. The molecule has 2 aliphatic rings. The fourth-order valence-corrected chi connectivity index (χ4v) is 6.70. The van der Waals surface area contributed by atoms with E-state index in [2.05, 4.69) is 25.8 Å². The van der Waals surface area contributed by atoms with Gasteiger partial charge < -0.3 is 10.6 Å². The Morgan fingerprint density at radius 2 is 1.97 bits per heavy atom. The lowest BCUT2D eigenvalue weighted by Crippen LogP contribution is -2.57. The predicted octanol–water partition coefficient (Wildman–Crippen LogP) is 3.55. The Morgan fingerprint density at radius 1 is 1.19 bits per heavy atom. The summed E-state index contributed by atoms with van der Waals surface area (Å²) in [5, 5.41) is 15.0. The van der Waals surface area contributed by atoms with E-state index in [4.69, 9.17) is 4.98 Å². The molecule has 2 saturated heterocycles. The minimum absolute atomic E-state index is 0.0580. The van der Waals surface area contributed by atoms with Gasteiger partial charge in [0.25, 0.3) is 0 Å². The predicted molar refractivity (Wildman–Crippen MR) is 126 cm³/mol. The van der Waals surface area contributed by atoms with Gasteiger partial charge in [-0.3, -0.25) is 10.1 Å². The van der Waals surface area contributed by atoms with Crippen molar-refractivity contribution >= 4 is 38.4 Å². The van der Waals surface area contributed by atoms with Gasteiger partial charge >= 0.3 is 0 Å². The average Bonchev–Trinajstić information content (AvgIpc) is 3.17. The second-order valence-corrected chi connectivity index (χ2v) is 10.9. The summed E-state index contributed by atoms with van der Waals surface area (Å²) in [5.74, 6) is 2.29. The Balaban J connectivity index is 1.42. The van der Waals surface area contributed by atoms with E-state index in [0.717, 1.165) is 54.5 Å². The van der Waals surface area contributed by atoms with E-state index >= 15 is 0 Å². The highest BCUT2D eigenvalue weighted by Gasteiger charge is 2.43. The third-order valence-electron chi connectivity index (χ3n) is 6.50. The minimum atomic E-state index is -3.19. The third-order valence-corrected chi connectivity index (χ3v) is 8.46. The number of rotatable bonds is 6. The Hall–Kier alpha value is -2.72. The Bertz CT molecular complexity index is 1210. The van der Waals surface area contributed by atoms with Gasteiger partial charge in [0.15, 0.2) is 5.82 Å². The van der Waals surface area contributed by atoms with Gasteiger partial charge in [-0.15, -0.1) is 0 Å². The number of aromatic amines is 1. The molecule has 32 heavy (non-hydrogen) atoms. The largest absolute Gasteiger partial charge is 0.367 e. The number of aryl methyl sites for hydroxylation is 1. The Morgan fingerprint density at radius 3 is 2.66 bits per heavy atom. The van der Waals surface area contributed by atoms with E-state index in [1.807, 2.05) is 31.2 Å². The molecule has 0 unspecified atom stereocenters. The zero-order valence-corrected chi connectivity index (χ0v) is 19.2. The molecule has 0 aromatic carbocycles. The maximum absolute atomic E-state index is 12.7. The van der Waals surface area contributed by atoms with Crippen molar-refractivity contribution in [1.29, 1.82) is 0 Å². The van der Waals surface area contributed by atoms with Crippen LogP contribution in [0.15, 0.2) is 30.5 Å². The van der Waals surface area contributed by atoms with Crippen molar-refractivity contribution in [2.24, 2.45) is 0 Å². The molecule has 170 valence electrons. The summed E-state index contributed by atoms with van der Waals surface area (Å²) in [6.45, 7) is 3.68. The molecule has 2 aliphatic heterocycles. The second kappa shape index (κ2) is 8.32. The Kier molecular flexibility index (Phi) is 5.50. The van der Waals surface area contributed by atoms with Crippen LogP contribution < -0.4 is 10.6 Å². The number of hydrogen-bond donors (Lipinski definition) is 3. The number of nitrogens with one attached hydrogen (secondary N) is 3. The maximum Gasteiger partial charge on any atom is 0.214 e. The molecule has 2 fully saturated rings. The van der Waals surface area contributed by atoms with Crippen molar-refractivity contribution in [2.45, 2.75) is 64.1 Å². The van der Waals surface area contributed by atoms with E-state index in [1.165, 1.54) is 0 Å². The van der Waals surface area contributed by atoms with E-state index in [9.17, 15) is 8.42 Å². The molecular weight excluding hydrogens is 426 g/mol. The van der Waals surface area contributed by atoms with E-state index in [1.54, 1.807) is 17.4 Å². The van der Waals surface area contributed by atoms with Crippen LogP contribution in [0.4, 0.5) is 17.5 Å². The summed E-state index contributed by atoms with van der Waals surface area (Å²) in [6.07, 6.45) is 6.27. The highest BCUT2D eigenvalue weighted by atomic mass is 32.2. The lowest BCUT2D eigenvalue weighted by molar-refractivity contribution is 0.116. The molecule has 9 nitrogen and oxygen atoms in total. The molecule has 0 spiro atoms. The monoisotopic (exact) mass is 455 g/mol. The summed E-state index contributed by atoms with van der Waals surface area (Å²) in [5.41, 5.74) is 1.80. The summed E-state index contributed by atoms with van der Waals surface area (Å²) in [6, 6.07) is 8.03. The fourth-order valence-electron chi connectivity index (χ4n) is 5.12. The first kappa shape index (κ1) is 21.1. The van der Waals surface area contributed by atoms with Gasteiger partial charge in [-0.25, -0.2) is 13.4 Å². The number of nitrogens with zero attached hydrogens (tertiary/aromatic N) is 4. The summed E-state index contributed by atoms with van der Waals surface area (Å²) in [7, 11) is -3.19. The van der Waals surface area contributed by atoms with E-state index in [-0.39, 0.29) is 23.9 Å². The number of pyridine rings is 2. The first-order chi connectivity index (χ1) is 15.4. The van der Waals surface area contributed by atoms with Crippen LogP contribution in [-0.4, -0.2) is 56.8 Å². The SMILES string of the molecule is CCS(=O)(=O)N1[C@@H]2CCC[C@H]1C[C@H](Nc1nc(Nc3cc(C)[nH]n3)cc3ncccc13)C2. The molecule has 3 N–H and O–H groups in total. The van der Waals surface area contributed by atoms with Gasteiger partial charge in [0, 0.05) is 47.5 Å². The van der Waals surface area contributed by atoms with Crippen LogP contribution in [0.1, 0.15) is 44.7 Å². The molecule has 0 amide bonds. The number of fused-ring (bicyclic) bond motifs is 3. The molecule has 3 aromatic heterocycles. The summed E-state index contributed by atoms with van der Waals surface area (Å²) >= 11 is 0. The smallest absolute Gasteiger partial charge is 0.214 e. The molecular formula is C22H29N7O2S. The number of sulfonamides is 1. The second-order valence-electron chi connectivity index (χ2n) is 8.77. The van der Waals surface area contributed by atoms with Crippen LogP contribution in [-0.2, 0) is 10.0 Å². The van der Waals surface area contributed by atoms with Crippen molar-refractivity contribution in [3.05, 3.63) is 36.2 Å². The first-order valence-corrected chi connectivity index (χ1v) is 12.9. The molecule has 0 saturated carbocycles. The van der Waals surface area contributed by atoms with Crippen LogP contribution in [0, 0.1) is 6.92 Å². The third kappa shape index (κ3) is 4.04. The van der Waals surface area contributed by atoms with E-state index < -0.39 is 10.0 Å².